The van der Waals surface area contributed by atoms with E-state index in [9.17, 15) is 19.1 Å². The number of rotatable bonds is 7. The molecule has 1 N–H and O–H groups in total. The van der Waals surface area contributed by atoms with Crippen LogP contribution in [0.15, 0.2) is 78.4 Å². The number of hydrogen-bond acceptors (Lipinski definition) is 5. The summed E-state index contributed by atoms with van der Waals surface area (Å²) in [5, 5.41) is 11.0. The Kier molecular flexibility index (Phi) is 6.63. The van der Waals surface area contributed by atoms with Crippen LogP contribution in [0, 0.1) is 5.82 Å². The van der Waals surface area contributed by atoms with Gasteiger partial charge in [-0.2, -0.15) is 0 Å². The third-order valence-corrected chi connectivity index (χ3v) is 5.88. The van der Waals surface area contributed by atoms with Crippen LogP contribution in [-0.4, -0.2) is 42.5 Å². The quantitative estimate of drug-likeness (QED) is 0.318. The number of ketones is 1. The second kappa shape index (κ2) is 9.79. The molecule has 1 atom stereocenters. The van der Waals surface area contributed by atoms with Gasteiger partial charge >= 0.3 is 0 Å². The van der Waals surface area contributed by atoms with Crippen molar-refractivity contribution < 1.29 is 28.6 Å². The number of Topliss-reactive ketones (excluding diaryl/α,β-unsaturated/α-hetero) is 1. The Morgan fingerprint density at radius 2 is 1.62 bits per heavy atom. The van der Waals surface area contributed by atoms with Gasteiger partial charge < -0.3 is 19.5 Å². The summed E-state index contributed by atoms with van der Waals surface area (Å²) in [6.45, 7) is 0.130. The SMILES string of the molecule is COc1ccc(CCN2C(=O)C(=O)/C(=C(\O)c3ccccc3)C2c2ccccc2F)cc1OC. The highest BCUT2D eigenvalue weighted by atomic mass is 19.1. The fourth-order valence-electron chi connectivity index (χ4n) is 4.17. The Bertz CT molecular complexity index is 1250. The first-order chi connectivity index (χ1) is 16.5. The lowest BCUT2D eigenvalue weighted by Gasteiger charge is -2.25. The maximum Gasteiger partial charge on any atom is 0.295 e. The normalized spacial score (nSPS) is 17.1. The van der Waals surface area contributed by atoms with Crippen LogP contribution in [0.2, 0.25) is 0 Å². The molecule has 6 nitrogen and oxygen atoms in total. The first-order valence-corrected chi connectivity index (χ1v) is 10.8. The topological polar surface area (TPSA) is 76.1 Å². The van der Waals surface area contributed by atoms with E-state index < -0.39 is 23.5 Å². The van der Waals surface area contributed by atoms with Crippen LogP contribution in [0.3, 0.4) is 0 Å². The summed E-state index contributed by atoms with van der Waals surface area (Å²) in [6, 6.07) is 18.7. The van der Waals surface area contributed by atoms with Crippen molar-refractivity contribution in [2.45, 2.75) is 12.5 Å². The number of ether oxygens (including phenoxy) is 2. The van der Waals surface area contributed by atoms with Crippen LogP contribution in [0.5, 0.6) is 11.5 Å². The van der Waals surface area contributed by atoms with E-state index in [0.29, 0.717) is 23.5 Å². The van der Waals surface area contributed by atoms with E-state index in [1.165, 1.54) is 37.3 Å². The average molecular weight is 461 g/mol. The second-order valence-corrected chi connectivity index (χ2v) is 7.82. The van der Waals surface area contributed by atoms with Crippen LogP contribution in [0.1, 0.15) is 22.7 Å². The third kappa shape index (κ3) is 4.24. The zero-order chi connectivity index (χ0) is 24.2. The van der Waals surface area contributed by atoms with E-state index >= 15 is 0 Å². The molecule has 1 fully saturated rings. The molecule has 1 amide bonds. The molecule has 7 heteroatoms. The molecule has 0 radical (unpaired) electrons. The monoisotopic (exact) mass is 461 g/mol. The van der Waals surface area contributed by atoms with Gasteiger partial charge in [-0.15, -0.1) is 0 Å². The minimum absolute atomic E-state index is 0.130. The number of nitrogens with zero attached hydrogens (tertiary/aromatic N) is 1. The van der Waals surface area contributed by atoms with Gasteiger partial charge in [0.1, 0.15) is 11.6 Å². The van der Waals surface area contributed by atoms with Gasteiger partial charge in [-0.3, -0.25) is 9.59 Å². The van der Waals surface area contributed by atoms with Crippen molar-refractivity contribution in [2.24, 2.45) is 0 Å². The number of aliphatic hydroxyl groups is 1. The Morgan fingerprint density at radius 3 is 2.29 bits per heavy atom. The standard InChI is InChI=1S/C27H24FNO5/c1-33-21-13-12-17(16-22(21)34-2)14-15-29-24(19-10-6-7-11-20(19)28)23(26(31)27(29)32)25(30)18-8-4-3-5-9-18/h3-13,16,24,30H,14-15H2,1-2H3/b25-23-. The van der Waals surface area contributed by atoms with Crippen LogP contribution in [0.25, 0.3) is 5.76 Å². The molecule has 3 aromatic carbocycles. The van der Waals surface area contributed by atoms with Gasteiger partial charge in [0.25, 0.3) is 11.7 Å². The Morgan fingerprint density at radius 1 is 0.941 bits per heavy atom. The van der Waals surface area contributed by atoms with Crippen LogP contribution in [0.4, 0.5) is 4.39 Å². The maximum absolute atomic E-state index is 14.9. The van der Waals surface area contributed by atoms with Gasteiger partial charge in [-0.05, 0) is 30.2 Å². The van der Waals surface area contributed by atoms with Crippen molar-refractivity contribution in [3.63, 3.8) is 0 Å². The minimum atomic E-state index is -1.05. The molecular formula is C27H24FNO5. The zero-order valence-corrected chi connectivity index (χ0v) is 18.8. The molecule has 174 valence electrons. The van der Waals surface area contributed by atoms with Crippen molar-refractivity contribution >= 4 is 17.4 Å². The molecule has 1 saturated heterocycles. The second-order valence-electron chi connectivity index (χ2n) is 7.82. The lowest BCUT2D eigenvalue weighted by atomic mass is 9.95. The van der Waals surface area contributed by atoms with Gasteiger partial charge in [0.05, 0.1) is 25.8 Å². The third-order valence-electron chi connectivity index (χ3n) is 5.88. The summed E-state index contributed by atoms with van der Waals surface area (Å²) in [6.07, 6.45) is 0.379. The molecular weight excluding hydrogens is 437 g/mol. The number of carbonyl (C=O) groups excluding carboxylic acids is 2. The number of amides is 1. The van der Waals surface area contributed by atoms with Gasteiger partial charge in [0.2, 0.25) is 0 Å². The van der Waals surface area contributed by atoms with Crippen LogP contribution >= 0.6 is 0 Å². The van der Waals surface area contributed by atoms with E-state index in [2.05, 4.69) is 0 Å². The highest BCUT2D eigenvalue weighted by Gasteiger charge is 2.46. The predicted octanol–water partition coefficient (Wildman–Crippen LogP) is 4.51. The highest BCUT2D eigenvalue weighted by molar-refractivity contribution is 6.46. The van der Waals surface area contributed by atoms with E-state index in [-0.39, 0.29) is 23.4 Å². The number of halogens is 1. The predicted molar refractivity (Wildman–Crippen MR) is 125 cm³/mol. The van der Waals surface area contributed by atoms with E-state index in [1.807, 2.05) is 6.07 Å². The molecule has 1 unspecified atom stereocenters. The first-order valence-electron chi connectivity index (χ1n) is 10.8. The fraction of sp³-hybridized carbons (Fsp3) is 0.185. The molecule has 0 aromatic heterocycles. The summed E-state index contributed by atoms with van der Waals surface area (Å²) < 4.78 is 25.5. The smallest absolute Gasteiger partial charge is 0.295 e. The Hall–Kier alpha value is -4.13. The van der Waals surface area contributed by atoms with Crippen LogP contribution < -0.4 is 9.47 Å². The van der Waals surface area contributed by atoms with Gasteiger partial charge in [-0.25, -0.2) is 4.39 Å². The summed E-state index contributed by atoms with van der Waals surface area (Å²) in [5.41, 5.74) is 1.23. The first kappa shape index (κ1) is 23.0. The molecule has 0 bridgehead atoms. The summed E-state index contributed by atoms with van der Waals surface area (Å²) >= 11 is 0. The Labute approximate surface area is 196 Å². The van der Waals surface area contributed by atoms with E-state index in [1.54, 1.807) is 48.5 Å². The molecule has 1 heterocycles. The highest BCUT2D eigenvalue weighted by Crippen LogP contribution is 2.40. The zero-order valence-electron chi connectivity index (χ0n) is 18.8. The van der Waals surface area contributed by atoms with Gasteiger partial charge in [0.15, 0.2) is 11.5 Å². The van der Waals surface area contributed by atoms with Gasteiger partial charge in [0, 0.05) is 17.7 Å². The van der Waals surface area contributed by atoms with E-state index in [0.717, 1.165) is 5.56 Å². The van der Waals surface area contributed by atoms with Gasteiger partial charge in [-0.1, -0.05) is 54.6 Å². The van der Waals surface area contributed by atoms with Crippen molar-refractivity contribution in [3.8, 4) is 11.5 Å². The lowest BCUT2D eigenvalue weighted by Crippen LogP contribution is -2.32. The van der Waals surface area contributed by atoms with E-state index in [4.69, 9.17) is 9.47 Å². The minimum Gasteiger partial charge on any atom is -0.507 e. The molecule has 0 aliphatic carbocycles. The summed E-state index contributed by atoms with van der Waals surface area (Å²) in [5.74, 6) is -1.42. The van der Waals surface area contributed by atoms with Crippen molar-refractivity contribution in [3.05, 3.63) is 101 Å². The molecule has 1 aliphatic heterocycles. The van der Waals surface area contributed by atoms with Crippen molar-refractivity contribution in [2.75, 3.05) is 20.8 Å². The number of carbonyl (C=O) groups is 2. The maximum atomic E-state index is 14.9. The largest absolute Gasteiger partial charge is 0.507 e. The molecule has 1 aliphatic rings. The number of hydrogen-bond donors (Lipinski definition) is 1. The molecule has 3 aromatic rings. The van der Waals surface area contributed by atoms with Crippen molar-refractivity contribution in [1.29, 1.82) is 0 Å². The fourth-order valence-corrected chi connectivity index (χ4v) is 4.17. The number of methoxy groups -OCH3 is 2. The lowest BCUT2D eigenvalue weighted by molar-refractivity contribution is -0.139. The summed E-state index contributed by atoms with van der Waals surface area (Å²) in [4.78, 5) is 27.4. The number of likely N-dealkylation sites (tertiary alicyclic amines) is 1. The summed E-state index contributed by atoms with van der Waals surface area (Å²) in [7, 11) is 3.07. The number of benzene rings is 3. The molecule has 34 heavy (non-hydrogen) atoms. The van der Waals surface area contributed by atoms with Crippen LogP contribution in [-0.2, 0) is 16.0 Å². The molecule has 0 saturated carbocycles. The van der Waals surface area contributed by atoms with Crippen molar-refractivity contribution in [1.82, 2.24) is 4.90 Å². The average Bonchev–Trinajstić information content (AvgIpc) is 3.12. The number of aliphatic hydroxyl groups excluding tert-OH is 1. The molecule has 0 spiro atoms. The molecule has 4 rings (SSSR count). The Balaban J connectivity index is 1.75.